The number of carboxylic acid groups (broad SMARTS) is 3. The summed E-state index contributed by atoms with van der Waals surface area (Å²) >= 11 is 0. The first-order valence-corrected chi connectivity index (χ1v) is 6.25. The molecule has 0 saturated heterocycles. The molecule has 0 amide bonds. The summed E-state index contributed by atoms with van der Waals surface area (Å²) in [5.74, 6) is -5.02. The van der Waals surface area contributed by atoms with E-state index < -0.39 is 36.4 Å². The summed E-state index contributed by atoms with van der Waals surface area (Å²) in [6, 6.07) is 10.3. The van der Waals surface area contributed by atoms with Gasteiger partial charge in [0.25, 0.3) is 0 Å². The Morgan fingerprint density at radius 3 is 1.77 bits per heavy atom. The van der Waals surface area contributed by atoms with Gasteiger partial charge in [0.05, 0.1) is 12.8 Å². The molecule has 0 bridgehead atoms. The molecular weight excluding hydrogens is 292 g/mol. The zero-order valence-corrected chi connectivity index (χ0v) is 11.8. The van der Waals surface area contributed by atoms with E-state index in [0.29, 0.717) is 0 Å². The summed E-state index contributed by atoms with van der Waals surface area (Å²) in [5.41, 5.74) is -1.41. The van der Waals surface area contributed by atoms with Gasteiger partial charge in [-0.3, -0.25) is 9.59 Å². The van der Waals surface area contributed by atoms with Crippen molar-refractivity contribution in [3.05, 3.63) is 48.6 Å². The van der Waals surface area contributed by atoms with Crippen molar-refractivity contribution >= 4 is 17.9 Å². The first-order valence-electron chi connectivity index (χ1n) is 6.25. The van der Waals surface area contributed by atoms with Crippen LogP contribution in [-0.4, -0.2) is 43.9 Å². The normalized spacial score (nSPS) is 10.0. The van der Waals surface area contributed by atoms with Crippen LogP contribution in [0, 0.1) is 0 Å². The van der Waals surface area contributed by atoms with Crippen LogP contribution in [0.2, 0.25) is 0 Å². The minimum absolute atomic E-state index is 0.973. The number of allylic oxidation sites excluding steroid dienone is 1. The first-order chi connectivity index (χ1) is 10.2. The Labute approximate surface area is 127 Å². The van der Waals surface area contributed by atoms with Gasteiger partial charge in [-0.25, -0.2) is 4.79 Å². The quantitative estimate of drug-likeness (QED) is 0.556. The Balaban J connectivity index is 0.000000425. The maximum Gasteiger partial charge on any atom is 0.336 e. The molecule has 0 unspecified atom stereocenters. The topological polar surface area (TPSA) is 132 Å². The maximum absolute atomic E-state index is 10.3. The summed E-state index contributed by atoms with van der Waals surface area (Å²) in [4.78, 5) is 30.5. The summed E-state index contributed by atoms with van der Waals surface area (Å²) in [5, 5.41) is 33.8. The lowest BCUT2D eigenvalue weighted by Gasteiger charge is -2.18. The van der Waals surface area contributed by atoms with Crippen LogP contribution in [0.4, 0.5) is 0 Å². The van der Waals surface area contributed by atoms with Crippen molar-refractivity contribution in [2.45, 2.75) is 24.9 Å². The Bertz CT molecular complexity index is 506. The van der Waals surface area contributed by atoms with Crippen LogP contribution in [0.3, 0.4) is 0 Å². The number of rotatable bonds is 7. The van der Waals surface area contributed by atoms with E-state index in [-0.39, 0.29) is 0 Å². The van der Waals surface area contributed by atoms with Crippen LogP contribution < -0.4 is 0 Å². The molecular formula is C15H18O7. The summed E-state index contributed by atoms with van der Waals surface area (Å²) in [7, 11) is 0. The molecule has 0 fully saturated rings. The maximum atomic E-state index is 10.3. The molecule has 120 valence electrons. The SMILES string of the molecule is C=CCc1ccccc1.O=C(O)CC(O)(CC(=O)O)C(=O)O. The number of aliphatic hydroxyl groups is 1. The molecule has 7 nitrogen and oxygen atoms in total. The second kappa shape index (κ2) is 9.30. The molecule has 0 aliphatic heterocycles. The number of benzene rings is 1. The summed E-state index contributed by atoms with van der Waals surface area (Å²) in [6.07, 6.45) is 0.597. The smallest absolute Gasteiger partial charge is 0.336 e. The third-order valence-electron chi connectivity index (χ3n) is 2.51. The third-order valence-corrected chi connectivity index (χ3v) is 2.51. The molecule has 0 aliphatic rings. The van der Waals surface area contributed by atoms with Gasteiger partial charge in [0.1, 0.15) is 0 Å². The summed E-state index contributed by atoms with van der Waals surface area (Å²) in [6.45, 7) is 3.66. The highest BCUT2D eigenvalue weighted by atomic mass is 16.4. The van der Waals surface area contributed by atoms with Crippen LogP contribution in [0.1, 0.15) is 18.4 Å². The van der Waals surface area contributed by atoms with Gasteiger partial charge >= 0.3 is 17.9 Å². The molecule has 0 radical (unpaired) electrons. The van der Waals surface area contributed by atoms with Crippen molar-refractivity contribution < 1.29 is 34.8 Å². The Morgan fingerprint density at radius 2 is 1.45 bits per heavy atom. The monoisotopic (exact) mass is 310 g/mol. The van der Waals surface area contributed by atoms with E-state index in [2.05, 4.69) is 18.7 Å². The zero-order valence-electron chi connectivity index (χ0n) is 11.8. The van der Waals surface area contributed by atoms with E-state index in [9.17, 15) is 14.4 Å². The highest BCUT2D eigenvalue weighted by molar-refractivity contribution is 5.88. The molecule has 0 aliphatic carbocycles. The molecule has 1 rings (SSSR count). The van der Waals surface area contributed by atoms with Gasteiger partial charge in [0.15, 0.2) is 5.60 Å². The van der Waals surface area contributed by atoms with E-state index in [0.717, 1.165) is 6.42 Å². The van der Waals surface area contributed by atoms with Crippen LogP contribution in [0.25, 0.3) is 0 Å². The van der Waals surface area contributed by atoms with E-state index in [1.807, 2.05) is 24.3 Å². The number of carboxylic acids is 3. The summed E-state index contributed by atoms with van der Waals surface area (Å²) < 4.78 is 0. The standard InChI is InChI=1S/C9H10.C6H8O7/c1-2-6-9-7-4-3-5-8-9;7-3(8)1-6(13,5(11)12)2-4(9)10/h2-5,7-8H,1,6H2;13H,1-2H2,(H,7,8)(H,9,10)(H,11,12). The lowest BCUT2D eigenvalue weighted by atomic mass is 9.96. The van der Waals surface area contributed by atoms with Crippen molar-refractivity contribution in [1.82, 2.24) is 0 Å². The fourth-order valence-corrected chi connectivity index (χ4v) is 1.49. The van der Waals surface area contributed by atoms with Gasteiger partial charge in [-0.05, 0) is 12.0 Å². The Kier molecular flexibility index (Phi) is 8.17. The van der Waals surface area contributed by atoms with E-state index in [1.165, 1.54) is 5.56 Å². The highest BCUT2D eigenvalue weighted by Gasteiger charge is 2.40. The third kappa shape index (κ3) is 7.81. The van der Waals surface area contributed by atoms with Gasteiger partial charge in [-0.15, -0.1) is 6.58 Å². The average Bonchev–Trinajstić information content (AvgIpc) is 2.39. The minimum Gasteiger partial charge on any atom is -0.481 e. The molecule has 0 heterocycles. The molecule has 7 heteroatoms. The van der Waals surface area contributed by atoms with Crippen molar-refractivity contribution in [2.24, 2.45) is 0 Å². The second-order valence-corrected chi connectivity index (χ2v) is 4.46. The van der Waals surface area contributed by atoms with Crippen LogP contribution in [-0.2, 0) is 20.8 Å². The molecule has 22 heavy (non-hydrogen) atoms. The van der Waals surface area contributed by atoms with Gasteiger partial charge in [0, 0.05) is 0 Å². The number of hydrogen-bond acceptors (Lipinski definition) is 4. The van der Waals surface area contributed by atoms with Gasteiger partial charge in [-0.1, -0.05) is 36.4 Å². The molecule has 0 saturated carbocycles. The fourth-order valence-electron chi connectivity index (χ4n) is 1.49. The van der Waals surface area contributed by atoms with Crippen molar-refractivity contribution in [3.8, 4) is 0 Å². The fraction of sp³-hybridized carbons (Fsp3) is 0.267. The zero-order chi connectivity index (χ0) is 17.2. The van der Waals surface area contributed by atoms with E-state index in [1.54, 1.807) is 0 Å². The van der Waals surface area contributed by atoms with Crippen molar-refractivity contribution in [2.75, 3.05) is 0 Å². The van der Waals surface area contributed by atoms with Crippen molar-refractivity contribution in [3.63, 3.8) is 0 Å². The molecule has 0 spiro atoms. The molecule has 1 aromatic rings. The average molecular weight is 310 g/mol. The van der Waals surface area contributed by atoms with Gasteiger partial charge in [-0.2, -0.15) is 0 Å². The van der Waals surface area contributed by atoms with Gasteiger partial charge < -0.3 is 20.4 Å². The van der Waals surface area contributed by atoms with Crippen molar-refractivity contribution in [1.29, 1.82) is 0 Å². The lowest BCUT2D eigenvalue weighted by Crippen LogP contribution is -2.42. The lowest BCUT2D eigenvalue weighted by molar-refractivity contribution is -0.170. The predicted molar refractivity (Wildman–Crippen MR) is 77.4 cm³/mol. The minimum atomic E-state index is -2.74. The molecule has 0 aromatic heterocycles. The largest absolute Gasteiger partial charge is 0.481 e. The number of aliphatic carboxylic acids is 3. The van der Waals surface area contributed by atoms with Crippen LogP contribution in [0.5, 0.6) is 0 Å². The first kappa shape index (κ1) is 19.3. The number of hydrogen-bond donors (Lipinski definition) is 4. The number of carbonyl (C=O) groups is 3. The Morgan fingerprint density at radius 1 is 1.00 bits per heavy atom. The molecule has 4 N–H and O–H groups in total. The van der Waals surface area contributed by atoms with Gasteiger partial charge in [0.2, 0.25) is 0 Å². The molecule has 1 aromatic carbocycles. The Hall–Kier alpha value is -2.67. The van der Waals surface area contributed by atoms with E-state index in [4.69, 9.17) is 20.4 Å². The predicted octanol–water partition coefficient (Wildman–Crippen LogP) is 1.17. The highest BCUT2D eigenvalue weighted by Crippen LogP contribution is 2.15. The van der Waals surface area contributed by atoms with E-state index >= 15 is 0 Å². The molecule has 0 atom stereocenters. The second-order valence-electron chi connectivity index (χ2n) is 4.46. The van der Waals surface area contributed by atoms with Crippen LogP contribution >= 0.6 is 0 Å². The van der Waals surface area contributed by atoms with Crippen LogP contribution in [0.15, 0.2) is 43.0 Å².